The number of anilines is 1. The molecule has 1 aromatic rings. The number of rotatable bonds is 3. The third kappa shape index (κ3) is 2.69. The maximum absolute atomic E-state index is 12.2. The molecule has 2 rings (SSSR count). The summed E-state index contributed by atoms with van der Waals surface area (Å²) in [6, 6.07) is 8.14. The number of hydrogen-bond donors (Lipinski definition) is 1. The van der Waals surface area contributed by atoms with Crippen molar-refractivity contribution >= 4 is 27.5 Å². The Labute approximate surface area is 110 Å². The third-order valence-corrected chi connectivity index (χ3v) is 3.55. The van der Waals surface area contributed by atoms with Crippen molar-refractivity contribution in [3.63, 3.8) is 0 Å². The van der Waals surface area contributed by atoms with Crippen molar-refractivity contribution in [1.29, 1.82) is 0 Å². The van der Waals surface area contributed by atoms with Gasteiger partial charge in [-0.1, -0.05) is 26.0 Å². The molecule has 1 fully saturated rings. The van der Waals surface area contributed by atoms with Gasteiger partial charge in [0, 0.05) is 17.1 Å². The molecule has 4 heteroatoms. The average molecular weight is 297 g/mol. The van der Waals surface area contributed by atoms with Crippen LogP contribution in [-0.4, -0.2) is 24.5 Å². The van der Waals surface area contributed by atoms with Crippen LogP contribution in [0.25, 0.3) is 0 Å². The van der Waals surface area contributed by atoms with Crippen molar-refractivity contribution in [1.82, 2.24) is 5.32 Å². The van der Waals surface area contributed by atoms with Crippen LogP contribution in [0.15, 0.2) is 28.7 Å². The van der Waals surface area contributed by atoms with E-state index in [1.807, 2.05) is 29.2 Å². The molecule has 1 heterocycles. The van der Waals surface area contributed by atoms with Crippen LogP contribution in [0.5, 0.6) is 0 Å². The molecule has 1 amide bonds. The monoisotopic (exact) mass is 296 g/mol. The summed E-state index contributed by atoms with van der Waals surface area (Å²) in [5, 5.41) is 3.30. The van der Waals surface area contributed by atoms with Gasteiger partial charge in [-0.25, -0.2) is 0 Å². The topological polar surface area (TPSA) is 32.3 Å². The highest BCUT2D eigenvalue weighted by molar-refractivity contribution is 9.10. The highest BCUT2D eigenvalue weighted by Gasteiger charge is 2.33. The van der Waals surface area contributed by atoms with Crippen LogP contribution in [0.2, 0.25) is 0 Å². The predicted molar refractivity (Wildman–Crippen MR) is 73.2 cm³/mol. The van der Waals surface area contributed by atoms with E-state index in [-0.39, 0.29) is 11.9 Å². The molecule has 0 saturated carbocycles. The van der Waals surface area contributed by atoms with Gasteiger partial charge >= 0.3 is 0 Å². The normalized spacial score (nSPS) is 20.4. The minimum Gasteiger partial charge on any atom is -0.310 e. The van der Waals surface area contributed by atoms with E-state index in [0.717, 1.165) is 23.1 Å². The zero-order valence-electron chi connectivity index (χ0n) is 10.1. The fourth-order valence-corrected chi connectivity index (χ4v) is 2.65. The Morgan fingerprint density at radius 3 is 2.76 bits per heavy atom. The molecular formula is C13H17BrN2O. The summed E-state index contributed by atoms with van der Waals surface area (Å²) in [4.78, 5) is 14.1. The molecule has 0 aromatic heterocycles. The number of hydrogen-bond acceptors (Lipinski definition) is 2. The van der Waals surface area contributed by atoms with Gasteiger partial charge < -0.3 is 10.2 Å². The first-order valence-electron chi connectivity index (χ1n) is 5.91. The molecular weight excluding hydrogens is 280 g/mol. The van der Waals surface area contributed by atoms with E-state index in [1.165, 1.54) is 0 Å². The number of amides is 1. The SMILES string of the molecule is CC(C)NC1CCN(c2ccccc2Br)C1=O. The largest absolute Gasteiger partial charge is 0.310 e. The van der Waals surface area contributed by atoms with Crippen LogP contribution in [0.3, 0.4) is 0 Å². The second-order valence-corrected chi connectivity index (χ2v) is 5.46. The quantitative estimate of drug-likeness (QED) is 0.930. The van der Waals surface area contributed by atoms with E-state index in [1.54, 1.807) is 0 Å². The molecule has 1 aromatic carbocycles. The summed E-state index contributed by atoms with van der Waals surface area (Å²) >= 11 is 3.49. The van der Waals surface area contributed by atoms with Gasteiger partial charge in [-0.2, -0.15) is 0 Å². The molecule has 17 heavy (non-hydrogen) atoms. The number of nitrogens with zero attached hydrogens (tertiary/aromatic N) is 1. The molecule has 1 N–H and O–H groups in total. The van der Waals surface area contributed by atoms with Crippen LogP contribution in [0.1, 0.15) is 20.3 Å². The molecule has 1 saturated heterocycles. The Kier molecular flexibility index (Phi) is 3.84. The van der Waals surface area contributed by atoms with E-state index in [9.17, 15) is 4.79 Å². The summed E-state index contributed by atoms with van der Waals surface area (Å²) in [6.07, 6.45) is 0.873. The maximum atomic E-state index is 12.2. The number of halogens is 1. The van der Waals surface area contributed by atoms with Crippen molar-refractivity contribution in [2.75, 3.05) is 11.4 Å². The lowest BCUT2D eigenvalue weighted by Gasteiger charge is -2.19. The summed E-state index contributed by atoms with van der Waals surface area (Å²) in [6.45, 7) is 4.91. The lowest BCUT2D eigenvalue weighted by Crippen LogP contribution is -2.41. The van der Waals surface area contributed by atoms with E-state index in [4.69, 9.17) is 0 Å². The van der Waals surface area contributed by atoms with Crippen LogP contribution < -0.4 is 10.2 Å². The standard InChI is InChI=1S/C13H17BrN2O/c1-9(2)15-11-7-8-16(13(11)17)12-6-4-3-5-10(12)14/h3-6,9,11,15H,7-8H2,1-2H3. The zero-order valence-corrected chi connectivity index (χ0v) is 11.7. The Balaban J connectivity index is 2.15. The van der Waals surface area contributed by atoms with Crippen molar-refractivity contribution in [2.24, 2.45) is 0 Å². The van der Waals surface area contributed by atoms with E-state index >= 15 is 0 Å². The van der Waals surface area contributed by atoms with Crippen molar-refractivity contribution in [2.45, 2.75) is 32.4 Å². The van der Waals surface area contributed by atoms with E-state index in [2.05, 4.69) is 35.1 Å². The Morgan fingerprint density at radius 1 is 1.41 bits per heavy atom. The Morgan fingerprint density at radius 2 is 2.12 bits per heavy atom. The smallest absolute Gasteiger partial charge is 0.244 e. The van der Waals surface area contributed by atoms with Gasteiger partial charge in [-0.05, 0) is 34.5 Å². The van der Waals surface area contributed by atoms with Gasteiger partial charge in [-0.3, -0.25) is 4.79 Å². The van der Waals surface area contributed by atoms with Crippen LogP contribution in [0.4, 0.5) is 5.69 Å². The molecule has 0 bridgehead atoms. The van der Waals surface area contributed by atoms with Crippen molar-refractivity contribution < 1.29 is 4.79 Å². The van der Waals surface area contributed by atoms with Crippen molar-refractivity contribution in [3.05, 3.63) is 28.7 Å². The minimum absolute atomic E-state index is 0.0397. The molecule has 3 nitrogen and oxygen atoms in total. The second-order valence-electron chi connectivity index (χ2n) is 4.60. The predicted octanol–water partition coefficient (Wildman–Crippen LogP) is 2.55. The first-order chi connectivity index (χ1) is 8.09. The Hall–Kier alpha value is -0.870. The number of para-hydroxylation sites is 1. The Bertz CT molecular complexity index is 420. The number of carbonyl (C=O) groups is 1. The molecule has 1 unspecified atom stereocenters. The van der Waals surface area contributed by atoms with Gasteiger partial charge in [0.05, 0.1) is 11.7 Å². The highest BCUT2D eigenvalue weighted by Crippen LogP contribution is 2.29. The minimum atomic E-state index is -0.0397. The average Bonchev–Trinajstić information content (AvgIpc) is 2.61. The fourth-order valence-electron chi connectivity index (χ4n) is 2.15. The second kappa shape index (κ2) is 5.19. The van der Waals surface area contributed by atoms with Crippen LogP contribution in [-0.2, 0) is 4.79 Å². The molecule has 1 aliphatic rings. The third-order valence-electron chi connectivity index (χ3n) is 2.88. The lowest BCUT2D eigenvalue weighted by molar-refractivity contribution is -0.118. The molecule has 92 valence electrons. The van der Waals surface area contributed by atoms with Crippen LogP contribution >= 0.6 is 15.9 Å². The lowest BCUT2D eigenvalue weighted by atomic mass is 10.2. The van der Waals surface area contributed by atoms with Gasteiger partial charge in [0.1, 0.15) is 0 Å². The van der Waals surface area contributed by atoms with Crippen LogP contribution in [0, 0.1) is 0 Å². The maximum Gasteiger partial charge on any atom is 0.244 e. The number of carbonyl (C=O) groups excluding carboxylic acids is 1. The summed E-state index contributed by atoms with van der Waals surface area (Å²) in [5.41, 5.74) is 0.963. The molecule has 0 spiro atoms. The van der Waals surface area contributed by atoms with Gasteiger partial charge in [0.25, 0.3) is 0 Å². The van der Waals surface area contributed by atoms with Gasteiger partial charge in [0.2, 0.25) is 5.91 Å². The highest BCUT2D eigenvalue weighted by atomic mass is 79.9. The fraction of sp³-hybridized carbons (Fsp3) is 0.462. The molecule has 0 aliphatic carbocycles. The molecule has 1 aliphatic heterocycles. The summed E-state index contributed by atoms with van der Waals surface area (Å²) < 4.78 is 0.971. The summed E-state index contributed by atoms with van der Waals surface area (Å²) in [5.74, 6) is 0.172. The number of benzene rings is 1. The first-order valence-corrected chi connectivity index (χ1v) is 6.71. The summed E-state index contributed by atoms with van der Waals surface area (Å²) in [7, 11) is 0. The number of nitrogens with one attached hydrogen (secondary N) is 1. The van der Waals surface area contributed by atoms with E-state index in [0.29, 0.717) is 6.04 Å². The first kappa shape index (κ1) is 12.6. The zero-order chi connectivity index (χ0) is 12.4. The van der Waals surface area contributed by atoms with Gasteiger partial charge in [-0.15, -0.1) is 0 Å². The van der Waals surface area contributed by atoms with Gasteiger partial charge in [0.15, 0.2) is 0 Å². The molecule has 1 atom stereocenters. The van der Waals surface area contributed by atoms with Crippen molar-refractivity contribution in [3.8, 4) is 0 Å². The van der Waals surface area contributed by atoms with E-state index < -0.39 is 0 Å². The molecule has 0 radical (unpaired) electrons.